The molecule has 138 valence electrons. The number of aromatic amines is 1. The molecule has 0 aliphatic rings. The fraction of sp³-hybridized carbons (Fsp3) is 0.167. The fourth-order valence-corrected chi connectivity index (χ4v) is 3.44. The average molecular weight is 401 g/mol. The summed E-state index contributed by atoms with van der Waals surface area (Å²) in [6.45, 7) is 1.08. The molecule has 0 fully saturated rings. The van der Waals surface area contributed by atoms with Crippen molar-refractivity contribution >= 4 is 44.8 Å². The molecule has 3 heterocycles. The summed E-state index contributed by atoms with van der Waals surface area (Å²) in [6, 6.07) is 7.51. The summed E-state index contributed by atoms with van der Waals surface area (Å²) in [5.74, 6) is 1.34. The summed E-state index contributed by atoms with van der Waals surface area (Å²) in [7, 11) is 0. The largest absolute Gasteiger partial charge is 0.491 e. The number of halogens is 1. The normalized spacial score (nSPS) is 11.0. The summed E-state index contributed by atoms with van der Waals surface area (Å²) in [6.07, 6.45) is 4.21. The topological polar surface area (TPSA) is 102 Å². The number of hydrogen-bond acceptors (Lipinski definition) is 7. The Balaban J connectivity index is 1.81. The van der Waals surface area contributed by atoms with E-state index in [-0.39, 0.29) is 0 Å². The van der Waals surface area contributed by atoms with Crippen molar-refractivity contribution < 1.29 is 4.74 Å². The van der Waals surface area contributed by atoms with Crippen molar-refractivity contribution in [2.45, 2.75) is 6.42 Å². The summed E-state index contributed by atoms with van der Waals surface area (Å²) in [5.41, 5.74) is 7.91. The number of anilines is 2. The van der Waals surface area contributed by atoms with Crippen molar-refractivity contribution in [3.8, 4) is 17.0 Å². The minimum atomic E-state index is 0.513. The Labute approximate surface area is 164 Å². The molecule has 0 bridgehead atoms. The molecule has 0 unspecified atom stereocenters. The maximum Gasteiger partial charge on any atom is 0.188 e. The van der Waals surface area contributed by atoms with Crippen LogP contribution in [0.25, 0.3) is 22.2 Å². The van der Waals surface area contributed by atoms with Crippen molar-refractivity contribution in [3.63, 3.8) is 0 Å². The molecule has 4 aromatic rings. The molecule has 0 spiro atoms. The second-order valence-electron chi connectivity index (χ2n) is 5.76. The van der Waals surface area contributed by atoms with Crippen LogP contribution in [-0.2, 0) is 0 Å². The molecule has 0 radical (unpaired) electrons. The lowest BCUT2D eigenvalue weighted by Gasteiger charge is -2.10. The highest BCUT2D eigenvalue weighted by atomic mass is 35.5. The number of fused-ring (bicyclic) bond motifs is 1. The second-order valence-corrected chi connectivity index (χ2v) is 7.06. The minimum absolute atomic E-state index is 0.513. The number of aromatic nitrogens is 4. The standard InChI is InChI=1S/C18H17ClN6OS/c19-13-3-1-5-21-15(13)11-9-12-16(14(10-11)26-7-2-4-20)24-25-17(12)23-18-22-6-8-27-18/h1,3,5-6,8-10H,2,4,7,20H2,(H2,22,23,24,25). The SMILES string of the molecule is NCCCOc1cc(-c2ncccc2Cl)cc2c(Nc3nccs3)n[nH]c12. The molecular weight excluding hydrogens is 384 g/mol. The number of H-pyrrole nitrogens is 1. The van der Waals surface area contributed by atoms with Gasteiger partial charge in [-0.25, -0.2) is 4.98 Å². The number of pyridine rings is 1. The van der Waals surface area contributed by atoms with Gasteiger partial charge in [-0.15, -0.1) is 11.3 Å². The van der Waals surface area contributed by atoms with Gasteiger partial charge in [0.05, 0.1) is 17.3 Å². The highest BCUT2D eigenvalue weighted by Crippen LogP contribution is 2.37. The first-order valence-corrected chi connectivity index (χ1v) is 9.64. The van der Waals surface area contributed by atoms with Gasteiger partial charge in [0.15, 0.2) is 10.9 Å². The molecule has 9 heteroatoms. The van der Waals surface area contributed by atoms with E-state index in [4.69, 9.17) is 22.1 Å². The van der Waals surface area contributed by atoms with Crippen molar-refractivity contribution in [1.82, 2.24) is 20.2 Å². The van der Waals surface area contributed by atoms with Gasteiger partial charge in [-0.1, -0.05) is 11.6 Å². The van der Waals surface area contributed by atoms with Crippen molar-refractivity contribution in [2.24, 2.45) is 5.73 Å². The average Bonchev–Trinajstić information content (AvgIpc) is 3.33. The Hall–Kier alpha value is -2.68. The maximum atomic E-state index is 6.35. The number of ether oxygens (including phenoxy) is 1. The number of thiazole rings is 1. The van der Waals surface area contributed by atoms with Crippen molar-refractivity contribution in [1.29, 1.82) is 0 Å². The first-order chi connectivity index (χ1) is 13.3. The van der Waals surface area contributed by atoms with Crippen LogP contribution < -0.4 is 15.8 Å². The predicted molar refractivity (Wildman–Crippen MR) is 109 cm³/mol. The van der Waals surface area contributed by atoms with E-state index < -0.39 is 0 Å². The van der Waals surface area contributed by atoms with Gasteiger partial charge in [-0.3, -0.25) is 10.1 Å². The quantitative estimate of drug-likeness (QED) is 0.402. The Morgan fingerprint density at radius 2 is 2.19 bits per heavy atom. The van der Waals surface area contributed by atoms with Gasteiger partial charge in [0.1, 0.15) is 11.3 Å². The van der Waals surface area contributed by atoms with E-state index in [2.05, 4.69) is 25.5 Å². The van der Waals surface area contributed by atoms with Crippen LogP contribution >= 0.6 is 22.9 Å². The zero-order valence-electron chi connectivity index (χ0n) is 14.3. The number of rotatable bonds is 7. The first-order valence-electron chi connectivity index (χ1n) is 8.38. The van der Waals surface area contributed by atoms with Crippen LogP contribution in [0.4, 0.5) is 10.9 Å². The van der Waals surface area contributed by atoms with E-state index in [9.17, 15) is 0 Å². The highest BCUT2D eigenvalue weighted by Gasteiger charge is 2.16. The molecule has 4 N–H and O–H groups in total. The molecule has 0 amide bonds. The lowest BCUT2D eigenvalue weighted by Crippen LogP contribution is -2.06. The van der Waals surface area contributed by atoms with E-state index in [0.717, 1.165) is 28.0 Å². The number of benzene rings is 1. The van der Waals surface area contributed by atoms with E-state index in [0.29, 0.717) is 35.4 Å². The molecule has 3 aromatic heterocycles. The van der Waals surface area contributed by atoms with Gasteiger partial charge >= 0.3 is 0 Å². The molecule has 0 aliphatic heterocycles. The van der Waals surface area contributed by atoms with Gasteiger partial charge in [0, 0.05) is 28.7 Å². The summed E-state index contributed by atoms with van der Waals surface area (Å²) >= 11 is 7.85. The van der Waals surface area contributed by atoms with Crippen LogP contribution in [0.3, 0.4) is 0 Å². The first kappa shape index (κ1) is 17.7. The van der Waals surface area contributed by atoms with Crippen molar-refractivity contribution in [2.75, 3.05) is 18.5 Å². The van der Waals surface area contributed by atoms with E-state index in [1.54, 1.807) is 18.5 Å². The van der Waals surface area contributed by atoms with Crippen LogP contribution in [-0.4, -0.2) is 33.3 Å². The summed E-state index contributed by atoms with van der Waals surface area (Å²) in [5, 5.41) is 14.8. The summed E-state index contributed by atoms with van der Waals surface area (Å²) < 4.78 is 5.95. The third-order valence-corrected chi connectivity index (χ3v) is 4.93. The fourth-order valence-electron chi connectivity index (χ4n) is 2.69. The predicted octanol–water partition coefficient (Wildman–Crippen LogP) is 4.21. The molecule has 0 aliphatic carbocycles. The van der Waals surface area contributed by atoms with Crippen LogP contribution in [0.15, 0.2) is 42.0 Å². The Bertz CT molecular complexity index is 1050. The van der Waals surface area contributed by atoms with Crippen LogP contribution in [0.5, 0.6) is 5.75 Å². The lowest BCUT2D eigenvalue weighted by molar-refractivity contribution is 0.316. The second kappa shape index (κ2) is 7.91. The molecular formula is C18H17ClN6OS. The number of nitrogens with zero attached hydrogens (tertiary/aromatic N) is 3. The smallest absolute Gasteiger partial charge is 0.188 e. The third-order valence-electron chi connectivity index (χ3n) is 3.93. The number of nitrogens with one attached hydrogen (secondary N) is 2. The van der Waals surface area contributed by atoms with E-state index in [1.807, 2.05) is 23.6 Å². The van der Waals surface area contributed by atoms with E-state index in [1.165, 1.54) is 11.3 Å². The molecule has 0 saturated carbocycles. The highest BCUT2D eigenvalue weighted by molar-refractivity contribution is 7.13. The van der Waals surface area contributed by atoms with Crippen LogP contribution in [0.2, 0.25) is 5.02 Å². The summed E-state index contributed by atoms with van der Waals surface area (Å²) in [4.78, 5) is 8.66. The molecule has 0 saturated heterocycles. The lowest BCUT2D eigenvalue weighted by atomic mass is 10.1. The van der Waals surface area contributed by atoms with Gasteiger partial charge in [0.25, 0.3) is 0 Å². The van der Waals surface area contributed by atoms with Gasteiger partial charge in [-0.05, 0) is 37.2 Å². The number of nitrogens with two attached hydrogens (primary N) is 1. The monoisotopic (exact) mass is 400 g/mol. The van der Waals surface area contributed by atoms with Gasteiger partial charge in [-0.2, -0.15) is 5.10 Å². The van der Waals surface area contributed by atoms with E-state index >= 15 is 0 Å². The molecule has 1 aromatic carbocycles. The number of hydrogen-bond donors (Lipinski definition) is 3. The van der Waals surface area contributed by atoms with Crippen LogP contribution in [0, 0.1) is 0 Å². The Kier molecular flexibility index (Phi) is 5.19. The van der Waals surface area contributed by atoms with Gasteiger partial charge in [0.2, 0.25) is 0 Å². The molecule has 27 heavy (non-hydrogen) atoms. The van der Waals surface area contributed by atoms with Crippen molar-refractivity contribution in [3.05, 3.63) is 47.1 Å². The zero-order chi connectivity index (χ0) is 18.6. The molecule has 0 atom stereocenters. The van der Waals surface area contributed by atoms with Crippen LogP contribution in [0.1, 0.15) is 6.42 Å². The molecule has 7 nitrogen and oxygen atoms in total. The maximum absolute atomic E-state index is 6.35. The Morgan fingerprint density at radius 1 is 1.26 bits per heavy atom. The molecule has 4 rings (SSSR count). The third kappa shape index (κ3) is 3.73. The van der Waals surface area contributed by atoms with Gasteiger partial charge < -0.3 is 15.8 Å². The minimum Gasteiger partial charge on any atom is -0.491 e. The Morgan fingerprint density at radius 3 is 2.96 bits per heavy atom. The zero-order valence-corrected chi connectivity index (χ0v) is 15.8.